The number of benzene rings is 1. The molecule has 1 aromatic rings. The van der Waals surface area contributed by atoms with Gasteiger partial charge >= 0.3 is 5.97 Å². The van der Waals surface area contributed by atoms with Crippen LogP contribution in [0.5, 0.6) is 5.75 Å². The Morgan fingerprint density at radius 2 is 2.14 bits per heavy atom. The van der Waals surface area contributed by atoms with Crippen LogP contribution in [-0.2, 0) is 9.59 Å². The van der Waals surface area contributed by atoms with Crippen molar-refractivity contribution in [2.45, 2.75) is 19.8 Å². The largest absolute Gasteiger partial charge is 0.490 e. The summed E-state index contributed by atoms with van der Waals surface area (Å²) in [4.78, 5) is 24.6. The van der Waals surface area contributed by atoms with Crippen LogP contribution in [0, 0.1) is 11.2 Å². The molecule has 0 aromatic heterocycles. The number of carboxylic acids is 1. The van der Waals surface area contributed by atoms with E-state index in [0.717, 1.165) is 0 Å². The monoisotopic (exact) mass is 295 g/mol. The number of amides is 1. The number of aliphatic carboxylic acids is 1. The number of para-hydroxylation sites is 1. The van der Waals surface area contributed by atoms with Gasteiger partial charge in [0.15, 0.2) is 11.6 Å². The Kier molecular flexibility index (Phi) is 4.45. The topological polar surface area (TPSA) is 66.8 Å². The first kappa shape index (κ1) is 15.3. The van der Waals surface area contributed by atoms with Crippen LogP contribution in [0.4, 0.5) is 4.39 Å². The maximum atomic E-state index is 13.3. The zero-order valence-corrected chi connectivity index (χ0v) is 11.8. The van der Waals surface area contributed by atoms with Gasteiger partial charge in [0, 0.05) is 13.1 Å². The number of carbonyl (C=O) groups excluding carboxylic acids is 1. The second-order valence-corrected chi connectivity index (χ2v) is 5.46. The molecule has 0 spiro atoms. The van der Waals surface area contributed by atoms with Gasteiger partial charge in [0.2, 0.25) is 5.91 Å². The molecule has 0 bridgehead atoms. The van der Waals surface area contributed by atoms with Crippen LogP contribution >= 0.6 is 0 Å². The molecule has 21 heavy (non-hydrogen) atoms. The highest BCUT2D eigenvalue weighted by molar-refractivity contribution is 5.80. The highest BCUT2D eigenvalue weighted by Crippen LogP contribution is 2.30. The third-order valence-corrected chi connectivity index (χ3v) is 3.75. The molecule has 1 aromatic carbocycles. The number of carboxylic acid groups (broad SMARTS) is 1. The summed E-state index contributed by atoms with van der Waals surface area (Å²) in [7, 11) is 0. The molecular weight excluding hydrogens is 277 g/mol. The van der Waals surface area contributed by atoms with Crippen LogP contribution in [-0.4, -0.2) is 41.6 Å². The second kappa shape index (κ2) is 6.11. The van der Waals surface area contributed by atoms with Gasteiger partial charge < -0.3 is 14.7 Å². The van der Waals surface area contributed by atoms with E-state index >= 15 is 0 Å². The maximum absolute atomic E-state index is 13.3. The lowest BCUT2D eigenvalue weighted by Gasteiger charge is -2.20. The Balaban J connectivity index is 1.81. The minimum Gasteiger partial charge on any atom is -0.490 e. The van der Waals surface area contributed by atoms with Gasteiger partial charge in [-0.3, -0.25) is 9.59 Å². The smallest absolute Gasteiger partial charge is 0.311 e. The van der Waals surface area contributed by atoms with Crippen LogP contribution in [0.1, 0.15) is 19.8 Å². The third kappa shape index (κ3) is 3.51. The molecule has 1 aliphatic heterocycles. The Bertz CT molecular complexity index is 548. The summed E-state index contributed by atoms with van der Waals surface area (Å²) in [5.41, 5.74) is -0.873. The van der Waals surface area contributed by atoms with Crippen molar-refractivity contribution in [3.8, 4) is 5.75 Å². The van der Waals surface area contributed by atoms with Gasteiger partial charge in [-0.2, -0.15) is 0 Å². The first-order chi connectivity index (χ1) is 9.92. The summed E-state index contributed by atoms with van der Waals surface area (Å²) in [6, 6.07) is 6.00. The van der Waals surface area contributed by atoms with Gasteiger partial charge in [0.25, 0.3) is 0 Å². The van der Waals surface area contributed by atoms with Crippen LogP contribution in [0.3, 0.4) is 0 Å². The number of halogens is 1. The normalized spacial score (nSPS) is 21.3. The van der Waals surface area contributed by atoms with E-state index < -0.39 is 17.2 Å². The molecule has 5 nitrogen and oxygen atoms in total. The number of hydrogen-bond acceptors (Lipinski definition) is 3. The molecule has 2 rings (SSSR count). The van der Waals surface area contributed by atoms with Crippen molar-refractivity contribution in [1.82, 2.24) is 4.90 Å². The van der Waals surface area contributed by atoms with Crippen molar-refractivity contribution in [2.24, 2.45) is 5.41 Å². The average Bonchev–Trinajstić information content (AvgIpc) is 2.85. The van der Waals surface area contributed by atoms with Gasteiger partial charge in [-0.05, 0) is 25.5 Å². The fraction of sp³-hybridized carbons (Fsp3) is 0.467. The molecular formula is C15H18FNO4. The van der Waals surface area contributed by atoms with Crippen LogP contribution in [0.2, 0.25) is 0 Å². The molecule has 0 radical (unpaired) electrons. The Morgan fingerprint density at radius 1 is 1.43 bits per heavy atom. The standard InChI is InChI=1S/C15H18FNO4/c1-15(14(19)20)7-8-17(10-15)13(18)6-9-21-12-5-3-2-4-11(12)16/h2-5H,6-10H2,1H3,(H,19,20)/t15-/m0/s1. The zero-order valence-electron chi connectivity index (χ0n) is 11.8. The first-order valence-corrected chi connectivity index (χ1v) is 6.81. The van der Waals surface area contributed by atoms with E-state index in [1.54, 1.807) is 19.1 Å². The molecule has 0 unspecified atom stereocenters. The summed E-state index contributed by atoms with van der Waals surface area (Å²) in [5, 5.41) is 9.12. The van der Waals surface area contributed by atoms with Gasteiger partial charge in [-0.15, -0.1) is 0 Å². The molecule has 0 aliphatic carbocycles. The lowest BCUT2D eigenvalue weighted by molar-refractivity contribution is -0.147. The fourth-order valence-electron chi connectivity index (χ4n) is 2.32. The van der Waals surface area contributed by atoms with Crippen molar-refractivity contribution in [1.29, 1.82) is 0 Å². The Hall–Kier alpha value is -2.11. The number of ether oxygens (including phenoxy) is 1. The SMILES string of the molecule is C[C@]1(C(=O)O)CCN(C(=O)CCOc2ccccc2F)C1. The van der Waals surface area contributed by atoms with Crippen LogP contribution < -0.4 is 4.74 Å². The van der Waals surface area contributed by atoms with E-state index in [-0.39, 0.29) is 31.2 Å². The molecule has 114 valence electrons. The Morgan fingerprint density at radius 3 is 2.76 bits per heavy atom. The van der Waals surface area contributed by atoms with E-state index in [2.05, 4.69) is 0 Å². The van der Waals surface area contributed by atoms with Crippen molar-refractivity contribution in [2.75, 3.05) is 19.7 Å². The summed E-state index contributed by atoms with van der Waals surface area (Å²) < 4.78 is 18.5. The number of hydrogen-bond donors (Lipinski definition) is 1. The van der Waals surface area contributed by atoms with E-state index in [4.69, 9.17) is 9.84 Å². The molecule has 0 saturated carbocycles. The lowest BCUT2D eigenvalue weighted by Crippen LogP contribution is -2.35. The van der Waals surface area contributed by atoms with E-state index in [1.807, 2.05) is 0 Å². The lowest BCUT2D eigenvalue weighted by atomic mass is 9.90. The number of nitrogens with zero attached hydrogens (tertiary/aromatic N) is 1. The molecule has 1 fully saturated rings. The van der Waals surface area contributed by atoms with E-state index in [1.165, 1.54) is 17.0 Å². The third-order valence-electron chi connectivity index (χ3n) is 3.75. The highest BCUT2D eigenvalue weighted by atomic mass is 19.1. The van der Waals surface area contributed by atoms with Crippen molar-refractivity contribution in [3.05, 3.63) is 30.1 Å². The summed E-state index contributed by atoms with van der Waals surface area (Å²) >= 11 is 0. The molecule has 1 aliphatic rings. The quantitative estimate of drug-likeness (QED) is 0.901. The molecule has 1 saturated heterocycles. The molecule has 6 heteroatoms. The zero-order chi connectivity index (χ0) is 15.5. The Labute approximate surface area is 122 Å². The van der Waals surface area contributed by atoms with E-state index in [9.17, 15) is 14.0 Å². The first-order valence-electron chi connectivity index (χ1n) is 6.81. The minimum atomic E-state index is -0.889. The summed E-state index contributed by atoms with van der Waals surface area (Å²) in [6.07, 6.45) is 0.548. The predicted octanol–water partition coefficient (Wildman–Crippen LogP) is 1.92. The van der Waals surface area contributed by atoms with Gasteiger partial charge in [-0.1, -0.05) is 12.1 Å². The van der Waals surface area contributed by atoms with E-state index in [0.29, 0.717) is 13.0 Å². The minimum absolute atomic E-state index is 0.0695. The van der Waals surface area contributed by atoms with Crippen LogP contribution in [0.25, 0.3) is 0 Å². The van der Waals surface area contributed by atoms with Crippen molar-refractivity contribution in [3.63, 3.8) is 0 Å². The molecule has 1 heterocycles. The molecule has 1 atom stereocenters. The fourth-order valence-corrected chi connectivity index (χ4v) is 2.32. The highest BCUT2D eigenvalue weighted by Gasteiger charge is 2.41. The van der Waals surface area contributed by atoms with Gasteiger partial charge in [0.1, 0.15) is 0 Å². The number of rotatable bonds is 5. The maximum Gasteiger partial charge on any atom is 0.311 e. The number of carbonyl (C=O) groups is 2. The van der Waals surface area contributed by atoms with Gasteiger partial charge in [0.05, 0.1) is 18.4 Å². The summed E-state index contributed by atoms with van der Waals surface area (Å²) in [6.45, 7) is 2.35. The van der Waals surface area contributed by atoms with Crippen molar-refractivity contribution < 1.29 is 23.8 Å². The number of likely N-dealkylation sites (tertiary alicyclic amines) is 1. The predicted molar refractivity (Wildman–Crippen MR) is 73.5 cm³/mol. The summed E-state index contributed by atoms with van der Waals surface area (Å²) in [5.74, 6) is -1.41. The average molecular weight is 295 g/mol. The van der Waals surface area contributed by atoms with Crippen LogP contribution in [0.15, 0.2) is 24.3 Å². The van der Waals surface area contributed by atoms with Crippen molar-refractivity contribution >= 4 is 11.9 Å². The second-order valence-electron chi connectivity index (χ2n) is 5.46. The van der Waals surface area contributed by atoms with Gasteiger partial charge in [-0.25, -0.2) is 4.39 Å². The molecule has 1 N–H and O–H groups in total. The molecule has 1 amide bonds.